The molecular formula is C21H26N4O2. The van der Waals surface area contributed by atoms with E-state index >= 15 is 0 Å². The van der Waals surface area contributed by atoms with Crippen LogP contribution in [-0.2, 0) is 10.2 Å². The molecule has 1 amide bonds. The van der Waals surface area contributed by atoms with Crippen LogP contribution >= 0.6 is 0 Å². The molecule has 2 aromatic heterocycles. The van der Waals surface area contributed by atoms with Crippen LogP contribution in [0.3, 0.4) is 0 Å². The summed E-state index contributed by atoms with van der Waals surface area (Å²) in [5.74, 6) is 1.25. The second kappa shape index (κ2) is 7.78. The van der Waals surface area contributed by atoms with Gasteiger partial charge in [-0.25, -0.2) is 4.98 Å². The number of fused-ring (bicyclic) bond motifs is 1. The lowest BCUT2D eigenvalue weighted by Gasteiger charge is -2.19. The lowest BCUT2D eigenvalue weighted by Crippen LogP contribution is -2.13. The fraction of sp³-hybridized carbons (Fsp3) is 0.381. The minimum absolute atomic E-state index is 0.0874. The third-order valence-corrected chi connectivity index (χ3v) is 4.36. The van der Waals surface area contributed by atoms with Crippen molar-refractivity contribution in [2.45, 2.75) is 46.0 Å². The molecular weight excluding hydrogens is 340 g/mol. The van der Waals surface area contributed by atoms with Crippen LogP contribution in [0.2, 0.25) is 0 Å². The predicted octanol–water partition coefficient (Wildman–Crippen LogP) is 4.36. The maximum atomic E-state index is 12.1. The summed E-state index contributed by atoms with van der Waals surface area (Å²) in [4.78, 5) is 16.5. The van der Waals surface area contributed by atoms with Crippen LogP contribution < -0.4 is 10.1 Å². The van der Waals surface area contributed by atoms with Crippen LogP contribution in [-0.4, -0.2) is 27.7 Å². The number of amides is 1. The Bertz CT molecular complexity index is 923. The lowest BCUT2D eigenvalue weighted by molar-refractivity contribution is -0.116. The number of rotatable bonds is 6. The third-order valence-electron chi connectivity index (χ3n) is 4.36. The number of aryl methyl sites for hydroxylation is 1. The number of benzene rings is 1. The molecule has 6 heteroatoms. The summed E-state index contributed by atoms with van der Waals surface area (Å²) in [6, 6.07) is 11.9. The minimum atomic E-state index is -0.0874. The number of carbonyl (C=O) groups is 1. The summed E-state index contributed by atoms with van der Waals surface area (Å²) in [5.41, 5.74) is 2.97. The highest BCUT2D eigenvalue weighted by atomic mass is 16.5. The molecule has 0 fully saturated rings. The summed E-state index contributed by atoms with van der Waals surface area (Å²) in [7, 11) is 0. The van der Waals surface area contributed by atoms with E-state index in [1.54, 1.807) is 0 Å². The van der Waals surface area contributed by atoms with Gasteiger partial charge in [0.1, 0.15) is 5.75 Å². The largest absolute Gasteiger partial charge is 0.494 e. The van der Waals surface area contributed by atoms with Gasteiger partial charge in [-0.1, -0.05) is 32.9 Å². The zero-order valence-electron chi connectivity index (χ0n) is 16.3. The number of aromatic amines is 1. The van der Waals surface area contributed by atoms with Gasteiger partial charge in [0.25, 0.3) is 0 Å². The van der Waals surface area contributed by atoms with Crippen molar-refractivity contribution >= 4 is 22.8 Å². The first kappa shape index (κ1) is 18.9. The molecule has 142 valence electrons. The van der Waals surface area contributed by atoms with Crippen LogP contribution in [0.25, 0.3) is 11.0 Å². The van der Waals surface area contributed by atoms with Crippen molar-refractivity contribution < 1.29 is 9.53 Å². The van der Waals surface area contributed by atoms with Gasteiger partial charge in [-0.3, -0.25) is 9.89 Å². The molecule has 3 aromatic rings. The number of carbonyl (C=O) groups excluding carboxylic acids is 1. The smallest absolute Gasteiger partial charge is 0.225 e. The first-order valence-electron chi connectivity index (χ1n) is 9.18. The Balaban J connectivity index is 1.45. The Morgan fingerprint density at radius 2 is 1.89 bits per heavy atom. The van der Waals surface area contributed by atoms with Gasteiger partial charge in [0.05, 0.1) is 12.0 Å². The molecule has 0 atom stereocenters. The van der Waals surface area contributed by atoms with Crippen LogP contribution in [0, 0.1) is 6.92 Å². The maximum Gasteiger partial charge on any atom is 0.225 e. The van der Waals surface area contributed by atoms with Gasteiger partial charge in [-0.05, 0) is 48.6 Å². The summed E-state index contributed by atoms with van der Waals surface area (Å²) in [6.45, 7) is 8.95. The zero-order chi connectivity index (χ0) is 19.4. The predicted molar refractivity (Wildman–Crippen MR) is 107 cm³/mol. The van der Waals surface area contributed by atoms with E-state index in [1.165, 1.54) is 5.56 Å². The molecule has 0 aliphatic rings. The lowest BCUT2D eigenvalue weighted by atomic mass is 9.87. The molecule has 6 nitrogen and oxygen atoms in total. The second-order valence-electron chi connectivity index (χ2n) is 7.70. The fourth-order valence-electron chi connectivity index (χ4n) is 2.77. The number of hydrogen-bond acceptors (Lipinski definition) is 4. The SMILES string of the molecule is Cc1ccc2c(NC(=O)CCCOc3ccc(C(C)(C)C)cc3)n[nH]c2n1. The van der Waals surface area contributed by atoms with Gasteiger partial charge in [0.2, 0.25) is 5.91 Å². The molecule has 0 saturated carbocycles. The molecule has 0 aliphatic heterocycles. The van der Waals surface area contributed by atoms with Gasteiger partial charge < -0.3 is 10.1 Å². The number of ether oxygens (including phenoxy) is 1. The molecule has 2 N–H and O–H groups in total. The molecule has 2 heterocycles. The van der Waals surface area contributed by atoms with Gasteiger partial charge in [0.15, 0.2) is 11.5 Å². The Kier molecular flexibility index (Phi) is 5.44. The maximum absolute atomic E-state index is 12.1. The van der Waals surface area contributed by atoms with E-state index in [0.29, 0.717) is 30.9 Å². The van der Waals surface area contributed by atoms with E-state index in [-0.39, 0.29) is 11.3 Å². The number of anilines is 1. The van der Waals surface area contributed by atoms with Crippen molar-refractivity contribution in [2.24, 2.45) is 0 Å². The highest BCUT2D eigenvalue weighted by Crippen LogP contribution is 2.24. The standard InChI is InChI=1S/C21H26N4O2/c1-14-7-12-17-19(22-14)24-25-20(17)23-18(26)6-5-13-27-16-10-8-15(9-11-16)21(2,3)4/h7-12H,5-6,13H2,1-4H3,(H2,22,23,24,25,26). The second-order valence-corrected chi connectivity index (χ2v) is 7.70. The summed E-state index contributed by atoms with van der Waals surface area (Å²) in [5, 5.41) is 10.6. The number of nitrogens with one attached hydrogen (secondary N) is 2. The van der Waals surface area contributed by atoms with Crippen molar-refractivity contribution in [1.82, 2.24) is 15.2 Å². The minimum Gasteiger partial charge on any atom is -0.494 e. The molecule has 0 unspecified atom stereocenters. The van der Waals surface area contributed by atoms with Crippen LogP contribution in [0.4, 0.5) is 5.82 Å². The summed E-state index contributed by atoms with van der Waals surface area (Å²) in [6.07, 6.45) is 1.00. The average molecular weight is 366 g/mol. The zero-order valence-corrected chi connectivity index (χ0v) is 16.3. The van der Waals surface area contributed by atoms with Crippen molar-refractivity contribution in [1.29, 1.82) is 0 Å². The van der Waals surface area contributed by atoms with E-state index in [4.69, 9.17) is 4.74 Å². The Morgan fingerprint density at radius 3 is 2.59 bits per heavy atom. The Hall–Kier alpha value is -2.89. The third kappa shape index (κ3) is 4.84. The van der Waals surface area contributed by atoms with Gasteiger partial charge in [0, 0.05) is 12.1 Å². The molecule has 3 rings (SSSR count). The summed E-state index contributed by atoms with van der Waals surface area (Å²) < 4.78 is 5.73. The van der Waals surface area contributed by atoms with Crippen LogP contribution in [0.5, 0.6) is 5.75 Å². The van der Waals surface area contributed by atoms with Crippen LogP contribution in [0.1, 0.15) is 44.9 Å². The molecule has 0 aliphatic carbocycles. The molecule has 1 aromatic carbocycles. The van der Waals surface area contributed by atoms with E-state index in [0.717, 1.165) is 16.8 Å². The quantitative estimate of drug-likeness (QED) is 0.635. The molecule has 27 heavy (non-hydrogen) atoms. The van der Waals surface area contributed by atoms with Crippen molar-refractivity contribution in [3.8, 4) is 5.75 Å². The topological polar surface area (TPSA) is 79.9 Å². The Labute approximate surface area is 159 Å². The normalized spacial score (nSPS) is 11.6. The number of nitrogens with zero attached hydrogens (tertiary/aromatic N) is 2. The number of aromatic nitrogens is 3. The number of H-pyrrole nitrogens is 1. The highest BCUT2D eigenvalue weighted by molar-refractivity contribution is 5.98. The van der Waals surface area contributed by atoms with Gasteiger partial charge in [-0.2, -0.15) is 5.10 Å². The fourth-order valence-corrected chi connectivity index (χ4v) is 2.77. The first-order chi connectivity index (χ1) is 12.8. The van der Waals surface area contributed by atoms with Gasteiger partial charge in [-0.15, -0.1) is 0 Å². The Morgan fingerprint density at radius 1 is 1.15 bits per heavy atom. The molecule has 0 spiro atoms. The molecule has 0 radical (unpaired) electrons. The average Bonchev–Trinajstić information content (AvgIpc) is 3.00. The van der Waals surface area contributed by atoms with Gasteiger partial charge >= 0.3 is 0 Å². The first-order valence-corrected chi connectivity index (χ1v) is 9.18. The van der Waals surface area contributed by atoms with E-state index in [9.17, 15) is 4.79 Å². The number of pyridine rings is 1. The van der Waals surface area contributed by atoms with Crippen LogP contribution in [0.15, 0.2) is 36.4 Å². The number of hydrogen-bond donors (Lipinski definition) is 2. The monoisotopic (exact) mass is 366 g/mol. The summed E-state index contributed by atoms with van der Waals surface area (Å²) >= 11 is 0. The molecule has 0 bridgehead atoms. The van der Waals surface area contributed by atoms with Crippen molar-refractivity contribution in [3.05, 3.63) is 47.7 Å². The van der Waals surface area contributed by atoms with E-state index in [2.05, 4.69) is 53.4 Å². The highest BCUT2D eigenvalue weighted by Gasteiger charge is 2.13. The van der Waals surface area contributed by atoms with E-state index < -0.39 is 0 Å². The van der Waals surface area contributed by atoms with Crippen molar-refractivity contribution in [3.63, 3.8) is 0 Å². The molecule has 0 saturated heterocycles. The van der Waals surface area contributed by atoms with E-state index in [1.807, 2.05) is 31.2 Å². The van der Waals surface area contributed by atoms with Crippen molar-refractivity contribution in [2.75, 3.05) is 11.9 Å².